The maximum absolute atomic E-state index is 9.61. The van der Waals surface area contributed by atoms with Gasteiger partial charge in [-0.3, -0.25) is 4.79 Å². The molecule has 5 nitrogen and oxygen atoms in total. The molecule has 0 aromatic carbocycles. The molecule has 0 aliphatic heterocycles. The van der Waals surface area contributed by atoms with E-state index in [0.717, 1.165) is 0 Å². The average Bonchev–Trinajstić information content (AvgIpc) is 1.61. The third-order valence-corrected chi connectivity index (χ3v) is 0.543. The molecule has 0 unspecified atom stereocenters. The fourth-order valence-corrected chi connectivity index (χ4v) is 0.209. The van der Waals surface area contributed by atoms with Crippen molar-refractivity contribution in [2.24, 2.45) is 0 Å². The summed E-state index contributed by atoms with van der Waals surface area (Å²) in [5.41, 5.74) is 0. The van der Waals surface area contributed by atoms with Gasteiger partial charge in [-0.15, -0.1) is 0 Å². The third kappa shape index (κ3) is 15.6. The second kappa shape index (κ2) is 8.52. The summed E-state index contributed by atoms with van der Waals surface area (Å²) in [6, 6.07) is 0. The van der Waals surface area contributed by atoms with Gasteiger partial charge in [0, 0.05) is 25.4 Å². The summed E-state index contributed by atoms with van der Waals surface area (Å²) in [7, 11) is 0. The number of rotatable bonds is 3. The molecule has 6 heteroatoms. The fraction of sp³-hybridized carbons (Fsp3) is 0.500. The number of carbonyl (C=O) groups is 2. The van der Waals surface area contributed by atoms with Gasteiger partial charge < -0.3 is 21.2 Å². The van der Waals surface area contributed by atoms with E-state index in [1.807, 2.05) is 0 Å². The van der Waals surface area contributed by atoms with E-state index >= 15 is 0 Å². The van der Waals surface area contributed by atoms with E-state index in [4.69, 9.17) is 5.11 Å². The van der Waals surface area contributed by atoms with Crippen LogP contribution in [0.3, 0.4) is 0 Å². The van der Waals surface area contributed by atoms with Crippen LogP contribution in [0.25, 0.3) is 0 Å². The van der Waals surface area contributed by atoms with E-state index in [2.05, 4.69) is 0 Å². The van der Waals surface area contributed by atoms with E-state index in [-0.39, 0.29) is 32.0 Å². The number of hydrogen-bond donors (Lipinski definition) is 2. The van der Waals surface area contributed by atoms with Crippen LogP contribution in [-0.2, 0) is 29.1 Å². The molecule has 0 fully saturated rings. The van der Waals surface area contributed by atoms with Crippen LogP contribution in [0.15, 0.2) is 0 Å². The number of carboxylic acids is 2. The molecule has 0 radical (unpaired) electrons. The maximum atomic E-state index is 9.61. The summed E-state index contributed by atoms with van der Waals surface area (Å²) in [5, 5.41) is 17.4. The molecule has 56 valence electrons. The van der Waals surface area contributed by atoms with Crippen molar-refractivity contribution >= 4 is 11.9 Å². The van der Waals surface area contributed by atoms with Crippen LogP contribution in [-0.4, -0.2) is 17.0 Å². The Bertz CT molecular complexity index is 102. The Morgan fingerprint density at radius 1 is 1.30 bits per heavy atom. The molecule has 0 aromatic heterocycles. The average molecular weight is 200 g/mol. The molecule has 0 saturated heterocycles. The van der Waals surface area contributed by atoms with E-state index in [9.17, 15) is 14.7 Å². The van der Waals surface area contributed by atoms with E-state index in [1.54, 1.807) is 0 Å². The van der Waals surface area contributed by atoms with Crippen molar-refractivity contribution in [2.75, 3.05) is 0 Å². The summed E-state index contributed by atoms with van der Waals surface area (Å²) in [6.07, 6.45) is -0.766. The van der Waals surface area contributed by atoms with Gasteiger partial charge in [0.25, 0.3) is 0 Å². The predicted octanol–water partition coefficient (Wildman–Crippen LogP) is -1.24. The van der Waals surface area contributed by atoms with Gasteiger partial charge in [-0.1, -0.05) is 0 Å². The number of aliphatic carboxylic acids is 2. The first-order valence-electron chi connectivity index (χ1n) is 2.04. The second-order valence-electron chi connectivity index (χ2n) is 1.27. The maximum Gasteiger partial charge on any atom is 0.303 e. The molecule has 0 saturated carbocycles. The molecule has 0 bridgehead atoms. The Kier molecular flexibility index (Phi) is 13.9. The summed E-state index contributed by atoms with van der Waals surface area (Å²) in [4.78, 5) is 19.1. The van der Waals surface area contributed by atoms with Gasteiger partial charge in [-0.25, -0.2) is 0 Å². The van der Waals surface area contributed by atoms with Crippen LogP contribution in [0, 0.1) is 0 Å². The molecule has 10 heavy (non-hydrogen) atoms. The molecule has 0 spiro atoms. The minimum atomic E-state index is -1.33. The van der Waals surface area contributed by atoms with Gasteiger partial charge in [-0.2, -0.15) is 0 Å². The van der Waals surface area contributed by atoms with Crippen LogP contribution in [0.1, 0.15) is 12.8 Å². The van der Waals surface area contributed by atoms with E-state index in [1.165, 1.54) is 0 Å². The smallest absolute Gasteiger partial charge is 0.303 e. The molecule has 0 amide bonds. The fourth-order valence-electron chi connectivity index (χ4n) is 0.209. The largest absolute Gasteiger partial charge is 0.550 e. The van der Waals surface area contributed by atoms with Gasteiger partial charge >= 0.3 is 5.97 Å². The Morgan fingerprint density at radius 2 is 1.70 bits per heavy atom. The SMILES string of the molecule is N.O=C([O-])CCC(=O)O.[Zn]. The summed E-state index contributed by atoms with van der Waals surface area (Å²) < 4.78 is 0. The van der Waals surface area contributed by atoms with Gasteiger partial charge in [0.05, 0.1) is 6.42 Å². The third-order valence-electron chi connectivity index (χ3n) is 0.543. The molecule has 0 heterocycles. The van der Waals surface area contributed by atoms with Gasteiger partial charge in [0.1, 0.15) is 0 Å². The quantitative estimate of drug-likeness (QED) is 0.552. The van der Waals surface area contributed by atoms with Crippen molar-refractivity contribution in [3.63, 3.8) is 0 Å². The zero-order valence-corrected chi connectivity index (χ0v) is 8.47. The van der Waals surface area contributed by atoms with Crippen LogP contribution in [0.5, 0.6) is 0 Å². The first kappa shape index (κ1) is 16.3. The molecular formula is C4H8NO4Zn-. The second-order valence-corrected chi connectivity index (χ2v) is 1.27. The minimum absolute atomic E-state index is 0. The normalized spacial score (nSPS) is 6.80. The van der Waals surface area contributed by atoms with Crippen molar-refractivity contribution in [1.29, 1.82) is 0 Å². The van der Waals surface area contributed by atoms with Crippen molar-refractivity contribution in [3.05, 3.63) is 0 Å². The van der Waals surface area contributed by atoms with Crippen molar-refractivity contribution in [1.82, 2.24) is 6.15 Å². The Hall–Kier alpha value is -0.477. The molecule has 0 aliphatic rings. The molecule has 0 atom stereocenters. The van der Waals surface area contributed by atoms with Crippen LogP contribution < -0.4 is 11.3 Å². The standard InChI is InChI=1S/C4H6O4.H3N.Zn/c5-3(6)1-2-4(7)8;;/h1-2H2,(H,5,6)(H,7,8);1H3;/p-1. The molecular weight excluding hydrogens is 191 g/mol. The molecule has 4 N–H and O–H groups in total. The summed E-state index contributed by atoms with van der Waals surface area (Å²) in [6.45, 7) is 0. The van der Waals surface area contributed by atoms with Crippen molar-refractivity contribution < 1.29 is 39.3 Å². The van der Waals surface area contributed by atoms with Crippen LogP contribution in [0.4, 0.5) is 0 Å². The first-order chi connectivity index (χ1) is 3.63. The zero-order valence-electron chi connectivity index (χ0n) is 5.50. The topological polar surface area (TPSA) is 112 Å². The molecule has 0 aliphatic carbocycles. The number of hydrogen-bond acceptors (Lipinski definition) is 4. The van der Waals surface area contributed by atoms with Gasteiger partial charge in [-0.05, 0) is 6.42 Å². The van der Waals surface area contributed by atoms with Crippen LogP contribution >= 0.6 is 0 Å². The Balaban J connectivity index is -0.000000245. The van der Waals surface area contributed by atoms with Crippen molar-refractivity contribution in [2.45, 2.75) is 12.8 Å². The Labute approximate surface area is 70.8 Å². The first-order valence-corrected chi connectivity index (χ1v) is 2.04. The predicted molar refractivity (Wildman–Crippen MR) is 26.9 cm³/mol. The van der Waals surface area contributed by atoms with Gasteiger partial charge in [0.2, 0.25) is 0 Å². The van der Waals surface area contributed by atoms with E-state index < -0.39 is 18.4 Å². The summed E-state index contributed by atoms with van der Waals surface area (Å²) in [5.74, 6) is -2.44. The van der Waals surface area contributed by atoms with Crippen LogP contribution in [0.2, 0.25) is 0 Å². The monoisotopic (exact) mass is 198 g/mol. The molecule has 0 rings (SSSR count). The number of carbonyl (C=O) groups excluding carboxylic acids is 1. The van der Waals surface area contributed by atoms with Crippen molar-refractivity contribution in [3.8, 4) is 0 Å². The number of carboxylic acid groups (broad SMARTS) is 2. The Morgan fingerprint density at radius 3 is 1.80 bits per heavy atom. The zero-order chi connectivity index (χ0) is 6.57. The summed E-state index contributed by atoms with van der Waals surface area (Å²) >= 11 is 0. The minimum Gasteiger partial charge on any atom is -0.550 e. The van der Waals surface area contributed by atoms with Gasteiger partial charge in [0.15, 0.2) is 0 Å². The van der Waals surface area contributed by atoms with E-state index in [0.29, 0.717) is 0 Å². The molecule has 0 aromatic rings.